The number of amides is 1. The molecule has 2 rings (SSSR count). The minimum atomic E-state index is -0.477. The zero-order valence-corrected chi connectivity index (χ0v) is 14.1. The summed E-state index contributed by atoms with van der Waals surface area (Å²) >= 11 is 0. The first-order chi connectivity index (χ1) is 10.8. The lowest BCUT2D eigenvalue weighted by molar-refractivity contribution is 0.00518. The monoisotopic (exact) mass is 320 g/mol. The number of hydrogen-bond acceptors (Lipinski definition) is 5. The number of likely N-dealkylation sites (tertiary alicyclic amines) is 1. The molecule has 1 aliphatic heterocycles. The van der Waals surface area contributed by atoms with E-state index in [4.69, 9.17) is 9.47 Å². The standard InChI is InChI=1S/C17H24N2O4/c1-17(2,3)23-16(21)19-10-13(11-19)18-9-12-7-5-6-8-14(12)15(20)22-4/h5-8,13,18H,9-11H2,1-4H3. The quantitative estimate of drug-likeness (QED) is 0.861. The molecule has 126 valence electrons. The van der Waals surface area contributed by atoms with Crippen LogP contribution in [-0.4, -0.2) is 48.8 Å². The van der Waals surface area contributed by atoms with Gasteiger partial charge in [-0.3, -0.25) is 0 Å². The maximum Gasteiger partial charge on any atom is 0.410 e. The minimum Gasteiger partial charge on any atom is -0.465 e. The van der Waals surface area contributed by atoms with E-state index in [1.165, 1.54) is 7.11 Å². The number of methoxy groups -OCH3 is 1. The highest BCUT2D eigenvalue weighted by Crippen LogP contribution is 2.16. The number of rotatable bonds is 4. The lowest BCUT2D eigenvalue weighted by Crippen LogP contribution is -2.60. The van der Waals surface area contributed by atoms with Crippen LogP contribution in [-0.2, 0) is 16.0 Å². The van der Waals surface area contributed by atoms with Gasteiger partial charge in [0.2, 0.25) is 0 Å². The third kappa shape index (κ3) is 4.69. The van der Waals surface area contributed by atoms with Gasteiger partial charge in [0, 0.05) is 25.7 Å². The van der Waals surface area contributed by atoms with Crippen molar-refractivity contribution in [2.45, 2.75) is 39.0 Å². The van der Waals surface area contributed by atoms with E-state index in [2.05, 4.69) is 5.32 Å². The van der Waals surface area contributed by atoms with Gasteiger partial charge in [-0.1, -0.05) is 18.2 Å². The van der Waals surface area contributed by atoms with Gasteiger partial charge in [-0.2, -0.15) is 0 Å². The average Bonchev–Trinajstić information content (AvgIpc) is 2.43. The topological polar surface area (TPSA) is 67.9 Å². The molecule has 0 atom stereocenters. The third-order valence-electron chi connectivity index (χ3n) is 3.54. The summed E-state index contributed by atoms with van der Waals surface area (Å²) < 4.78 is 10.1. The lowest BCUT2D eigenvalue weighted by Gasteiger charge is -2.40. The zero-order valence-electron chi connectivity index (χ0n) is 14.1. The molecule has 0 unspecified atom stereocenters. The van der Waals surface area contributed by atoms with Crippen LogP contribution in [0.4, 0.5) is 4.79 Å². The van der Waals surface area contributed by atoms with Gasteiger partial charge in [-0.25, -0.2) is 9.59 Å². The number of hydrogen-bond donors (Lipinski definition) is 1. The van der Waals surface area contributed by atoms with E-state index in [9.17, 15) is 9.59 Å². The summed E-state index contributed by atoms with van der Waals surface area (Å²) in [5.74, 6) is -0.341. The van der Waals surface area contributed by atoms with Crippen molar-refractivity contribution in [1.29, 1.82) is 0 Å². The summed E-state index contributed by atoms with van der Waals surface area (Å²) in [4.78, 5) is 25.2. The van der Waals surface area contributed by atoms with Gasteiger partial charge >= 0.3 is 12.1 Å². The van der Waals surface area contributed by atoms with E-state index in [1.807, 2.05) is 39.0 Å². The van der Waals surface area contributed by atoms with Crippen molar-refractivity contribution in [2.24, 2.45) is 0 Å². The number of carbonyl (C=O) groups excluding carboxylic acids is 2. The van der Waals surface area contributed by atoms with Gasteiger partial charge in [0.1, 0.15) is 5.60 Å². The van der Waals surface area contributed by atoms with Crippen molar-refractivity contribution in [3.05, 3.63) is 35.4 Å². The highest BCUT2D eigenvalue weighted by Gasteiger charge is 2.33. The first-order valence-electron chi connectivity index (χ1n) is 7.67. The van der Waals surface area contributed by atoms with Crippen LogP contribution < -0.4 is 5.32 Å². The second kappa shape index (κ2) is 7.00. The van der Waals surface area contributed by atoms with Crippen molar-refractivity contribution in [3.8, 4) is 0 Å². The molecule has 0 aliphatic carbocycles. The summed E-state index contributed by atoms with van der Waals surface area (Å²) in [6.45, 7) is 7.32. The fourth-order valence-corrected chi connectivity index (χ4v) is 2.32. The summed E-state index contributed by atoms with van der Waals surface area (Å²) in [5.41, 5.74) is 0.968. The Morgan fingerprint density at radius 3 is 2.52 bits per heavy atom. The number of carbonyl (C=O) groups is 2. The summed E-state index contributed by atoms with van der Waals surface area (Å²) in [6.07, 6.45) is -0.287. The van der Waals surface area contributed by atoms with Gasteiger partial charge in [0.15, 0.2) is 0 Å². The fourth-order valence-electron chi connectivity index (χ4n) is 2.32. The molecule has 6 nitrogen and oxygen atoms in total. The molecule has 0 saturated carbocycles. The zero-order chi connectivity index (χ0) is 17.0. The van der Waals surface area contributed by atoms with Crippen molar-refractivity contribution in [1.82, 2.24) is 10.2 Å². The molecule has 0 spiro atoms. The summed E-state index contributed by atoms with van der Waals surface area (Å²) in [5, 5.41) is 3.35. The largest absolute Gasteiger partial charge is 0.465 e. The Morgan fingerprint density at radius 2 is 1.91 bits per heavy atom. The predicted octanol–water partition coefficient (Wildman–Crippen LogP) is 2.18. The van der Waals surface area contributed by atoms with Gasteiger partial charge in [-0.15, -0.1) is 0 Å². The SMILES string of the molecule is COC(=O)c1ccccc1CNC1CN(C(=O)OC(C)(C)C)C1. The van der Waals surface area contributed by atoms with Gasteiger partial charge in [0.25, 0.3) is 0 Å². The molecule has 1 heterocycles. The number of nitrogens with zero attached hydrogens (tertiary/aromatic N) is 1. The smallest absolute Gasteiger partial charge is 0.410 e. The van der Waals surface area contributed by atoms with Crippen molar-refractivity contribution in [3.63, 3.8) is 0 Å². The van der Waals surface area contributed by atoms with Gasteiger partial charge in [-0.05, 0) is 32.4 Å². The molecule has 1 aromatic rings. The summed E-state index contributed by atoms with van der Waals surface area (Å²) in [7, 11) is 1.37. The number of ether oxygens (including phenoxy) is 2. The van der Waals surface area contributed by atoms with Crippen LogP contribution >= 0.6 is 0 Å². The normalized spacial score (nSPS) is 15.0. The Hall–Kier alpha value is -2.08. The van der Waals surface area contributed by atoms with E-state index in [1.54, 1.807) is 11.0 Å². The Balaban J connectivity index is 1.82. The molecule has 1 amide bonds. The second-order valence-electron chi connectivity index (χ2n) is 6.61. The van der Waals surface area contributed by atoms with Gasteiger partial charge in [0.05, 0.1) is 12.7 Å². The molecule has 1 fully saturated rings. The number of nitrogens with one attached hydrogen (secondary N) is 1. The van der Waals surface area contributed by atoms with E-state index in [-0.39, 0.29) is 18.1 Å². The molecule has 1 saturated heterocycles. The molecule has 1 N–H and O–H groups in total. The van der Waals surface area contributed by atoms with Gasteiger partial charge < -0.3 is 19.7 Å². The molecule has 23 heavy (non-hydrogen) atoms. The maximum absolute atomic E-state index is 11.9. The van der Waals surface area contributed by atoms with Crippen molar-refractivity contribution in [2.75, 3.05) is 20.2 Å². The molecular weight excluding hydrogens is 296 g/mol. The van der Waals surface area contributed by atoms with Crippen LogP contribution in [0.5, 0.6) is 0 Å². The van der Waals surface area contributed by atoms with E-state index in [0.717, 1.165) is 5.56 Å². The van der Waals surface area contributed by atoms with E-state index < -0.39 is 5.60 Å². The van der Waals surface area contributed by atoms with Crippen molar-refractivity contribution >= 4 is 12.1 Å². The van der Waals surface area contributed by atoms with Crippen LogP contribution in [0.2, 0.25) is 0 Å². The molecule has 0 radical (unpaired) electrons. The number of esters is 1. The predicted molar refractivity (Wildman–Crippen MR) is 86.2 cm³/mol. The van der Waals surface area contributed by atoms with Crippen LogP contribution in [0.25, 0.3) is 0 Å². The molecule has 1 aliphatic rings. The molecule has 0 aromatic heterocycles. The molecular formula is C17H24N2O4. The maximum atomic E-state index is 11.9. The second-order valence-corrected chi connectivity index (χ2v) is 6.61. The Labute approximate surface area is 136 Å². The Kier molecular flexibility index (Phi) is 5.26. The average molecular weight is 320 g/mol. The minimum absolute atomic E-state index is 0.202. The lowest BCUT2D eigenvalue weighted by atomic mass is 10.1. The Bertz CT molecular complexity index is 574. The fraction of sp³-hybridized carbons (Fsp3) is 0.529. The number of benzene rings is 1. The van der Waals surface area contributed by atoms with Crippen LogP contribution in [0, 0.1) is 0 Å². The first-order valence-corrected chi connectivity index (χ1v) is 7.67. The van der Waals surface area contributed by atoms with Crippen LogP contribution in [0.1, 0.15) is 36.7 Å². The van der Waals surface area contributed by atoms with Crippen LogP contribution in [0.15, 0.2) is 24.3 Å². The highest BCUT2D eigenvalue weighted by molar-refractivity contribution is 5.90. The molecule has 0 bridgehead atoms. The van der Waals surface area contributed by atoms with Crippen molar-refractivity contribution < 1.29 is 19.1 Å². The first kappa shape index (κ1) is 17.3. The van der Waals surface area contributed by atoms with E-state index in [0.29, 0.717) is 25.2 Å². The van der Waals surface area contributed by atoms with Crippen LogP contribution in [0.3, 0.4) is 0 Å². The molecule has 1 aromatic carbocycles. The molecule has 6 heteroatoms. The summed E-state index contributed by atoms with van der Waals surface area (Å²) in [6, 6.07) is 7.54. The third-order valence-corrected chi connectivity index (χ3v) is 3.54. The highest BCUT2D eigenvalue weighted by atomic mass is 16.6. The Morgan fingerprint density at radius 1 is 1.26 bits per heavy atom. The van der Waals surface area contributed by atoms with E-state index >= 15 is 0 Å².